The van der Waals surface area contributed by atoms with E-state index < -0.39 is 6.03 Å². The van der Waals surface area contributed by atoms with Crippen molar-refractivity contribution in [3.05, 3.63) is 41.9 Å². The van der Waals surface area contributed by atoms with Crippen LogP contribution in [-0.4, -0.2) is 15.6 Å². The highest BCUT2D eigenvalue weighted by molar-refractivity contribution is 5.84. The summed E-state index contributed by atoms with van der Waals surface area (Å²) in [6, 6.07) is 5.34. The minimum Gasteiger partial charge on any atom is -0.351 e. The molecule has 4 heteroatoms. The Morgan fingerprint density at radius 2 is 2.27 bits per heavy atom. The van der Waals surface area contributed by atoms with Gasteiger partial charge >= 0.3 is 6.03 Å². The maximum Gasteiger partial charge on any atom is 0.323 e. The maximum absolute atomic E-state index is 11.3. The van der Waals surface area contributed by atoms with Crippen LogP contribution in [0.25, 0.3) is 11.3 Å². The smallest absolute Gasteiger partial charge is 0.323 e. The van der Waals surface area contributed by atoms with Gasteiger partial charge < -0.3 is 5.73 Å². The van der Waals surface area contributed by atoms with E-state index in [1.165, 1.54) is 0 Å². The van der Waals surface area contributed by atoms with Crippen LogP contribution in [0.1, 0.15) is 11.3 Å². The predicted molar refractivity (Wildman–Crippen MR) is 55.5 cm³/mol. The lowest BCUT2D eigenvalue weighted by Crippen LogP contribution is -2.24. The van der Waals surface area contributed by atoms with E-state index in [-0.39, 0.29) is 0 Å². The molecule has 3 heterocycles. The molecule has 2 bridgehead atoms. The van der Waals surface area contributed by atoms with Gasteiger partial charge in [0.1, 0.15) is 0 Å². The number of primary amides is 1. The Hall–Kier alpha value is -2.10. The molecule has 1 aliphatic rings. The molecule has 3 rings (SSSR count). The van der Waals surface area contributed by atoms with Gasteiger partial charge in [0, 0.05) is 30.1 Å². The van der Waals surface area contributed by atoms with Crippen molar-refractivity contribution >= 4 is 6.03 Å². The second-order valence-electron chi connectivity index (χ2n) is 3.59. The summed E-state index contributed by atoms with van der Waals surface area (Å²) in [5.41, 5.74) is 9.31. The molecule has 1 aliphatic heterocycles. The lowest BCUT2D eigenvalue weighted by molar-refractivity contribution is 0.250. The van der Waals surface area contributed by atoms with Crippen molar-refractivity contribution in [3.63, 3.8) is 0 Å². The number of hydrogen-bond acceptors (Lipinski definition) is 2. The van der Waals surface area contributed by atoms with Crippen LogP contribution >= 0.6 is 0 Å². The van der Waals surface area contributed by atoms with E-state index in [2.05, 4.69) is 4.98 Å². The lowest BCUT2D eigenvalue weighted by atomic mass is 10.0. The summed E-state index contributed by atoms with van der Waals surface area (Å²) in [6.45, 7) is 0. The lowest BCUT2D eigenvalue weighted by Gasteiger charge is -2.17. The zero-order valence-electron chi connectivity index (χ0n) is 7.97. The summed E-state index contributed by atoms with van der Waals surface area (Å²) >= 11 is 0. The Labute approximate surface area is 86.4 Å². The van der Waals surface area contributed by atoms with Crippen LogP contribution in [0.2, 0.25) is 0 Å². The third-order valence-electron chi connectivity index (χ3n) is 2.73. The molecular formula is C11H9N3O. The molecule has 2 aromatic heterocycles. The zero-order valence-corrected chi connectivity index (χ0v) is 7.97. The minimum absolute atomic E-state index is 0.424. The van der Waals surface area contributed by atoms with Gasteiger partial charge in [0.2, 0.25) is 0 Å². The first-order valence-electron chi connectivity index (χ1n) is 4.71. The summed E-state index contributed by atoms with van der Waals surface area (Å²) in [4.78, 5) is 15.4. The quantitative estimate of drug-likeness (QED) is 0.594. The molecule has 74 valence electrons. The van der Waals surface area contributed by atoms with E-state index in [4.69, 9.17) is 5.73 Å². The van der Waals surface area contributed by atoms with Gasteiger partial charge in [0.05, 0.1) is 5.69 Å². The van der Waals surface area contributed by atoms with Crippen LogP contribution in [0.3, 0.4) is 0 Å². The summed E-state index contributed by atoms with van der Waals surface area (Å²) in [6.07, 6.45) is 4.27. The topological polar surface area (TPSA) is 60.9 Å². The first-order chi connectivity index (χ1) is 7.27. The first-order valence-corrected chi connectivity index (χ1v) is 4.71. The molecular weight excluding hydrogens is 190 g/mol. The molecule has 1 amide bonds. The third kappa shape index (κ3) is 1.01. The van der Waals surface area contributed by atoms with E-state index in [1.54, 1.807) is 10.8 Å². The Morgan fingerprint density at radius 1 is 1.40 bits per heavy atom. The average Bonchev–Trinajstić information content (AvgIpc) is 2.55. The summed E-state index contributed by atoms with van der Waals surface area (Å²) in [5.74, 6) is 0. The molecule has 0 fully saturated rings. The average molecular weight is 199 g/mol. The molecule has 0 aliphatic carbocycles. The first kappa shape index (κ1) is 8.23. The Morgan fingerprint density at radius 3 is 3.07 bits per heavy atom. The van der Waals surface area contributed by atoms with Crippen LogP contribution in [0.5, 0.6) is 0 Å². The van der Waals surface area contributed by atoms with Gasteiger partial charge in [-0.1, -0.05) is 0 Å². The van der Waals surface area contributed by atoms with E-state index in [9.17, 15) is 4.79 Å². The van der Waals surface area contributed by atoms with E-state index in [1.807, 2.05) is 24.4 Å². The number of aromatic nitrogens is 2. The Bertz CT molecular complexity index is 557. The van der Waals surface area contributed by atoms with Gasteiger partial charge in [0.25, 0.3) is 0 Å². The van der Waals surface area contributed by atoms with Crippen LogP contribution in [0, 0.1) is 0 Å². The number of amides is 1. The SMILES string of the molecule is NC(=O)n1c2ccc1-c1ccncc1C2. The van der Waals surface area contributed by atoms with Gasteiger partial charge in [0.15, 0.2) is 0 Å². The summed E-state index contributed by atoms with van der Waals surface area (Å²) in [7, 11) is 0. The van der Waals surface area contributed by atoms with Crippen molar-refractivity contribution < 1.29 is 4.79 Å². The molecule has 0 saturated carbocycles. The molecule has 0 aromatic carbocycles. The van der Waals surface area contributed by atoms with Crippen molar-refractivity contribution in [2.24, 2.45) is 5.73 Å². The molecule has 2 aromatic rings. The number of nitrogens with two attached hydrogens (primary N) is 1. The van der Waals surface area contributed by atoms with Crippen LogP contribution < -0.4 is 5.73 Å². The third-order valence-corrected chi connectivity index (χ3v) is 2.73. The fraction of sp³-hybridized carbons (Fsp3) is 0.0909. The Kier molecular flexibility index (Phi) is 1.48. The fourth-order valence-corrected chi connectivity index (χ4v) is 2.10. The normalized spacial score (nSPS) is 12.3. The second kappa shape index (κ2) is 2.70. The van der Waals surface area contributed by atoms with Crippen molar-refractivity contribution in [3.8, 4) is 11.3 Å². The largest absolute Gasteiger partial charge is 0.351 e. The molecule has 0 saturated heterocycles. The van der Waals surface area contributed by atoms with Crippen molar-refractivity contribution in [2.45, 2.75) is 6.42 Å². The maximum atomic E-state index is 11.3. The summed E-state index contributed by atoms with van der Waals surface area (Å²) in [5, 5.41) is 0. The van der Waals surface area contributed by atoms with Gasteiger partial charge in [-0.05, 0) is 23.8 Å². The van der Waals surface area contributed by atoms with E-state index in [0.717, 1.165) is 22.5 Å². The molecule has 4 nitrogen and oxygen atoms in total. The Balaban J connectivity index is 2.32. The fourth-order valence-electron chi connectivity index (χ4n) is 2.10. The number of nitrogens with zero attached hydrogens (tertiary/aromatic N) is 2. The highest BCUT2D eigenvalue weighted by Crippen LogP contribution is 2.32. The minimum atomic E-state index is -0.424. The number of carbonyl (C=O) groups excluding carboxylic acids is 1. The predicted octanol–water partition coefficient (Wildman–Crippen LogP) is 1.38. The van der Waals surface area contributed by atoms with Crippen molar-refractivity contribution in [1.29, 1.82) is 0 Å². The number of hydrogen-bond donors (Lipinski definition) is 1. The number of fused-ring (bicyclic) bond motifs is 4. The summed E-state index contributed by atoms with van der Waals surface area (Å²) < 4.78 is 1.56. The monoisotopic (exact) mass is 199 g/mol. The number of rotatable bonds is 0. The van der Waals surface area contributed by atoms with Crippen LogP contribution in [-0.2, 0) is 6.42 Å². The number of pyridine rings is 1. The van der Waals surface area contributed by atoms with E-state index in [0.29, 0.717) is 6.42 Å². The van der Waals surface area contributed by atoms with Crippen molar-refractivity contribution in [1.82, 2.24) is 9.55 Å². The standard InChI is InChI=1S/C11H9N3O/c12-11(15)14-8-1-2-10(14)9-3-4-13-6-7(9)5-8/h1-4,6H,5H2,(H2,12,15). The zero-order chi connectivity index (χ0) is 10.4. The molecule has 15 heavy (non-hydrogen) atoms. The molecule has 2 N–H and O–H groups in total. The number of carbonyl (C=O) groups is 1. The van der Waals surface area contributed by atoms with Gasteiger partial charge in [-0.3, -0.25) is 9.55 Å². The highest BCUT2D eigenvalue weighted by Gasteiger charge is 2.21. The van der Waals surface area contributed by atoms with Gasteiger partial charge in [-0.2, -0.15) is 0 Å². The van der Waals surface area contributed by atoms with Crippen LogP contribution in [0.4, 0.5) is 4.79 Å². The van der Waals surface area contributed by atoms with Crippen molar-refractivity contribution in [2.75, 3.05) is 0 Å². The molecule has 0 unspecified atom stereocenters. The molecule has 0 radical (unpaired) electrons. The second-order valence-corrected chi connectivity index (χ2v) is 3.59. The van der Waals surface area contributed by atoms with Gasteiger partial charge in [-0.25, -0.2) is 4.79 Å². The molecule has 0 atom stereocenters. The van der Waals surface area contributed by atoms with E-state index >= 15 is 0 Å². The van der Waals surface area contributed by atoms with Gasteiger partial charge in [-0.15, -0.1) is 0 Å². The highest BCUT2D eigenvalue weighted by atomic mass is 16.2. The molecule has 0 spiro atoms. The van der Waals surface area contributed by atoms with Crippen LogP contribution in [0.15, 0.2) is 30.6 Å².